The van der Waals surface area contributed by atoms with Crippen LogP contribution in [-0.2, 0) is 6.42 Å². The number of hydrogen-bond acceptors (Lipinski definition) is 4. The molecule has 0 spiro atoms. The fourth-order valence-corrected chi connectivity index (χ4v) is 1.62. The molecule has 0 radical (unpaired) electrons. The largest absolute Gasteiger partial charge is 0.444 e. The minimum absolute atomic E-state index is 0.176. The number of oxazole rings is 1. The fraction of sp³-hybridized carbons (Fsp3) is 0.308. The van der Waals surface area contributed by atoms with Crippen LogP contribution in [0.15, 0.2) is 28.9 Å². The van der Waals surface area contributed by atoms with Crippen LogP contribution >= 0.6 is 0 Å². The summed E-state index contributed by atoms with van der Waals surface area (Å²) in [5.74, 6) is -0.829. The van der Waals surface area contributed by atoms with Crippen molar-refractivity contribution in [3.05, 3.63) is 30.2 Å². The predicted octanol–water partition coefficient (Wildman–Crippen LogP) is 4.11. The van der Waals surface area contributed by atoms with Crippen molar-refractivity contribution < 1.29 is 31.5 Å². The monoisotopic (exact) mass is 305 g/mol. The minimum Gasteiger partial charge on any atom is -0.444 e. The first-order chi connectivity index (χ1) is 9.99. The zero-order valence-electron chi connectivity index (χ0n) is 10.9. The van der Waals surface area contributed by atoms with Crippen LogP contribution in [0.3, 0.4) is 0 Å². The second kappa shape index (κ2) is 6.47. The summed E-state index contributed by atoms with van der Waals surface area (Å²) >= 11 is 0. The lowest BCUT2D eigenvalue weighted by Crippen LogP contribution is -2.07. The molecule has 0 fully saturated rings. The summed E-state index contributed by atoms with van der Waals surface area (Å²) in [5, 5.41) is 0. The van der Waals surface area contributed by atoms with Gasteiger partial charge in [0.05, 0.1) is 5.69 Å². The average Bonchev–Trinajstić information content (AvgIpc) is 2.88. The molecule has 0 aliphatic heterocycles. The summed E-state index contributed by atoms with van der Waals surface area (Å²) in [7, 11) is 0. The number of hydrogen-bond donors (Lipinski definition) is 0. The van der Waals surface area contributed by atoms with E-state index >= 15 is 0 Å². The maximum atomic E-state index is 12.3. The summed E-state index contributed by atoms with van der Waals surface area (Å²) in [6.07, 6.45) is 2.06. The van der Waals surface area contributed by atoms with Crippen LogP contribution in [0.5, 0.6) is 11.5 Å². The van der Waals surface area contributed by atoms with E-state index in [2.05, 4.69) is 14.5 Å². The lowest BCUT2D eigenvalue weighted by Gasteiger charge is -2.12. The Morgan fingerprint density at radius 2 is 1.76 bits per heavy atom. The topological polar surface area (TPSA) is 44.5 Å². The highest BCUT2D eigenvalue weighted by atomic mass is 19.3. The Morgan fingerprint density at radius 1 is 1.10 bits per heavy atom. The molecule has 0 saturated carbocycles. The van der Waals surface area contributed by atoms with E-state index < -0.39 is 24.7 Å². The zero-order chi connectivity index (χ0) is 15.4. The average molecular weight is 305 g/mol. The highest BCUT2D eigenvalue weighted by Crippen LogP contribution is 2.34. The van der Waals surface area contributed by atoms with Crippen LogP contribution in [0.4, 0.5) is 17.6 Å². The minimum atomic E-state index is -3.17. The molecule has 2 rings (SSSR count). The molecule has 0 aliphatic rings. The SMILES string of the molecule is CCc1coc(-c2ccc(OC(F)F)c(OC(F)F)c2)n1. The molecule has 1 aromatic heterocycles. The number of benzene rings is 1. The molecule has 4 nitrogen and oxygen atoms in total. The van der Waals surface area contributed by atoms with E-state index in [1.165, 1.54) is 12.3 Å². The van der Waals surface area contributed by atoms with Gasteiger partial charge in [-0.25, -0.2) is 4.98 Å². The van der Waals surface area contributed by atoms with Crippen LogP contribution in [-0.4, -0.2) is 18.2 Å². The maximum absolute atomic E-state index is 12.3. The summed E-state index contributed by atoms with van der Waals surface area (Å²) in [6, 6.07) is 3.56. The molecule has 0 amide bonds. The summed E-state index contributed by atoms with van der Waals surface area (Å²) in [5.41, 5.74) is 0.987. The number of alkyl halides is 4. The van der Waals surface area contributed by atoms with Gasteiger partial charge in [-0.3, -0.25) is 0 Å². The highest BCUT2D eigenvalue weighted by Gasteiger charge is 2.17. The first kappa shape index (κ1) is 15.1. The smallest absolute Gasteiger partial charge is 0.387 e. The molecule has 0 aliphatic carbocycles. The first-order valence-electron chi connectivity index (χ1n) is 5.98. The van der Waals surface area contributed by atoms with Crippen molar-refractivity contribution in [2.24, 2.45) is 0 Å². The molecule has 0 saturated heterocycles. The van der Waals surface area contributed by atoms with Crippen molar-refractivity contribution in [1.29, 1.82) is 0 Å². The van der Waals surface area contributed by atoms with Crippen LogP contribution in [0.2, 0.25) is 0 Å². The van der Waals surface area contributed by atoms with Crippen molar-refractivity contribution in [1.82, 2.24) is 4.98 Å². The van der Waals surface area contributed by atoms with Gasteiger partial charge in [0, 0.05) is 5.56 Å². The molecular weight excluding hydrogens is 294 g/mol. The molecule has 1 aromatic carbocycles. The molecule has 2 aromatic rings. The molecule has 1 heterocycles. The molecule has 0 N–H and O–H groups in total. The van der Waals surface area contributed by atoms with Crippen LogP contribution < -0.4 is 9.47 Å². The van der Waals surface area contributed by atoms with Gasteiger partial charge < -0.3 is 13.9 Å². The Labute approximate surface area is 117 Å². The lowest BCUT2D eigenvalue weighted by molar-refractivity contribution is -0.0692. The Kier molecular flexibility index (Phi) is 4.66. The highest BCUT2D eigenvalue weighted by molar-refractivity contribution is 5.60. The number of nitrogens with zero attached hydrogens (tertiary/aromatic N) is 1. The van der Waals surface area contributed by atoms with Crippen molar-refractivity contribution in [3.8, 4) is 23.0 Å². The fourth-order valence-electron chi connectivity index (χ4n) is 1.62. The normalized spacial score (nSPS) is 11.2. The third-order valence-corrected chi connectivity index (χ3v) is 2.54. The molecule has 0 unspecified atom stereocenters. The molecule has 0 atom stereocenters. The van der Waals surface area contributed by atoms with Gasteiger partial charge in [-0.1, -0.05) is 6.92 Å². The second-order valence-electron chi connectivity index (χ2n) is 3.92. The van der Waals surface area contributed by atoms with E-state index in [1.54, 1.807) is 0 Å². The van der Waals surface area contributed by atoms with Crippen molar-refractivity contribution >= 4 is 0 Å². The Morgan fingerprint density at radius 3 is 2.33 bits per heavy atom. The van der Waals surface area contributed by atoms with Gasteiger partial charge in [0.25, 0.3) is 0 Å². The van der Waals surface area contributed by atoms with Crippen LogP contribution in [0.25, 0.3) is 11.5 Å². The Hall–Kier alpha value is -2.25. The number of aromatic nitrogens is 1. The Bertz CT molecular complexity index is 601. The zero-order valence-corrected chi connectivity index (χ0v) is 10.9. The molecule has 21 heavy (non-hydrogen) atoms. The van der Waals surface area contributed by atoms with E-state index in [1.807, 2.05) is 6.92 Å². The van der Waals surface area contributed by atoms with Crippen LogP contribution in [0.1, 0.15) is 12.6 Å². The van der Waals surface area contributed by atoms with Gasteiger partial charge in [0.15, 0.2) is 11.5 Å². The number of ether oxygens (including phenoxy) is 2. The molecule has 0 bridgehead atoms. The van der Waals surface area contributed by atoms with E-state index in [0.29, 0.717) is 17.7 Å². The Balaban J connectivity index is 2.35. The number of aryl methyl sites for hydroxylation is 1. The van der Waals surface area contributed by atoms with Gasteiger partial charge in [0.1, 0.15) is 6.26 Å². The number of rotatable bonds is 6. The first-order valence-corrected chi connectivity index (χ1v) is 5.98. The van der Waals surface area contributed by atoms with E-state index in [0.717, 1.165) is 12.1 Å². The molecular formula is C13H11F4NO3. The van der Waals surface area contributed by atoms with Crippen molar-refractivity contribution in [2.75, 3.05) is 0 Å². The third-order valence-electron chi connectivity index (χ3n) is 2.54. The maximum Gasteiger partial charge on any atom is 0.387 e. The van der Waals surface area contributed by atoms with Gasteiger partial charge in [-0.2, -0.15) is 17.6 Å². The summed E-state index contributed by atoms with van der Waals surface area (Å²) in [4.78, 5) is 4.11. The van der Waals surface area contributed by atoms with Gasteiger partial charge in [-0.05, 0) is 24.6 Å². The van der Waals surface area contributed by atoms with Gasteiger partial charge in [0.2, 0.25) is 5.89 Å². The standard InChI is InChI=1S/C13H11F4NO3/c1-2-8-6-19-11(18-8)7-3-4-9(20-12(14)15)10(5-7)21-13(16)17/h3-6,12-13H,2H2,1H3. The van der Waals surface area contributed by atoms with Gasteiger partial charge >= 0.3 is 13.2 Å². The van der Waals surface area contributed by atoms with E-state index in [-0.39, 0.29) is 5.89 Å². The molecule has 114 valence electrons. The van der Waals surface area contributed by atoms with E-state index in [9.17, 15) is 17.6 Å². The van der Waals surface area contributed by atoms with Crippen LogP contribution in [0, 0.1) is 0 Å². The predicted molar refractivity (Wildman–Crippen MR) is 64.6 cm³/mol. The van der Waals surface area contributed by atoms with E-state index in [4.69, 9.17) is 4.42 Å². The van der Waals surface area contributed by atoms with Crippen molar-refractivity contribution in [2.45, 2.75) is 26.6 Å². The summed E-state index contributed by atoms with van der Waals surface area (Å²) in [6.45, 7) is -4.45. The summed E-state index contributed by atoms with van der Waals surface area (Å²) < 4.78 is 62.6. The van der Waals surface area contributed by atoms with Gasteiger partial charge in [-0.15, -0.1) is 0 Å². The number of halogens is 4. The lowest BCUT2D eigenvalue weighted by atomic mass is 10.2. The second-order valence-corrected chi connectivity index (χ2v) is 3.92. The quantitative estimate of drug-likeness (QED) is 0.753. The molecule has 8 heteroatoms. The third kappa shape index (κ3) is 3.87. The van der Waals surface area contributed by atoms with Crippen molar-refractivity contribution in [3.63, 3.8) is 0 Å².